The van der Waals surface area contributed by atoms with Crippen molar-refractivity contribution in [2.75, 3.05) is 39.6 Å². The zero-order valence-corrected chi connectivity index (χ0v) is 46.6. The number of hydrogen-bond acceptors (Lipinski definition) is 13. The molecule has 0 aliphatic heterocycles. The molecule has 6 aromatic carbocycles. The first-order valence-corrected chi connectivity index (χ1v) is 27.5. The maximum absolute atomic E-state index is 12.6. The molecule has 0 heterocycles. The molecule has 1 unspecified atom stereocenters. The first-order valence-electron chi connectivity index (χ1n) is 27.5. The Morgan fingerprint density at radius 1 is 0.506 bits per heavy atom. The second-order valence-corrected chi connectivity index (χ2v) is 18.8. The second kappa shape index (κ2) is 37.4. The summed E-state index contributed by atoms with van der Waals surface area (Å²) in [6.07, 6.45) is 15.1. The van der Waals surface area contributed by atoms with Crippen LogP contribution in [0.5, 0.6) is 23.0 Å². The van der Waals surface area contributed by atoms with Crippen molar-refractivity contribution in [1.82, 2.24) is 0 Å². The molecule has 0 saturated carbocycles. The van der Waals surface area contributed by atoms with E-state index < -0.39 is 12.1 Å². The van der Waals surface area contributed by atoms with Gasteiger partial charge in [0.05, 0.1) is 45.2 Å². The van der Waals surface area contributed by atoms with Crippen molar-refractivity contribution in [1.29, 1.82) is 0 Å². The Morgan fingerprint density at radius 2 is 0.901 bits per heavy atom. The lowest BCUT2D eigenvalue weighted by atomic mass is 9.97. The Hall–Kier alpha value is -8.45. The SMILES string of the molecule is C=C=COOCCCCCCOc1ccc(-c2ccc(OCCCCCCOC(=O)C=C)cc2)cc1.C=Cc1ccc(OC(=O)c2ccc(-c3ccc(C(OO)c4ccc(OCCCCCCOC(=O)C(=C)C)cc4)cc3)cc2)cc1. The molecule has 0 aliphatic carbocycles. The maximum atomic E-state index is 12.6. The molecule has 1 N–H and O–H groups in total. The zero-order valence-electron chi connectivity index (χ0n) is 46.6. The van der Waals surface area contributed by atoms with Crippen LogP contribution in [0.15, 0.2) is 196 Å². The fourth-order valence-corrected chi connectivity index (χ4v) is 7.97. The minimum atomic E-state index is -0.662. The van der Waals surface area contributed by atoms with Crippen LogP contribution in [0.3, 0.4) is 0 Å². The molecule has 13 nitrogen and oxygen atoms in total. The number of esters is 3. The van der Waals surface area contributed by atoms with E-state index in [4.69, 9.17) is 43.1 Å². The van der Waals surface area contributed by atoms with Gasteiger partial charge < -0.3 is 33.3 Å². The number of benzene rings is 6. The minimum absolute atomic E-state index is 0.344. The van der Waals surface area contributed by atoms with Crippen LogP contribution in [0, 0.1) is 0 Å². The van der Waals surface area contributed by atoms with Gasteiger partial charge in [-0.1, -0.05) is 129 Å². The summed E-state index contributed by atoms with van der Waals surface area (Å²) in [4.78, 5) is 49.4. The van der Waals surface area contributed by atoms with E-state index >= 15 is 0 Å². The normalized spacial score (nSPS) is 10.8. The topological polar surface area (TPSA) is 155 Å². The molecule has 0 spiro atoms. The zero-order chi connectivity index (χ0) is 57.7. The van der Waals surface area contributed by atoms with Crippen LogP contribution in [-0.2, 0) is 33.7 Å². The Bertz CT molecular complexity index is 2850. The van der Waals surface area contributed by atoms with Crippen molar-refractivity contribution in [2.45, 2.75) is 90.1 Å². The van der Waals surface area contributed by atoms with Gasteiger partial charge in [-0.3, -0.25) is 5.26 Å². The molecular weight excluding hydrogens is 1020 g/mol. The van der Waals surface area contributed by atoms with Crippen LogP contribution in [0.4, 0.5) is 0 Å². The molecule has 0 aromatic heterocycles. The Labute approximate surface area is 477 Å². The summed E-state index contributed by atoms with van der Waals surface area (Å²) < 4.78 is 33.1. The van der Waals surface area contributed by atoms with Crippen molar-refractivity contribution < 1.29 is 62.7 Å². The molecule has 0 radical (unpaired) electrons. The number of unbranched alkanes of at least 4 members (excludes halogenated alkanes) is 9. The lowest BCUT2D eigenvalue weighted by molar-refractivity contribution is -0.270. The van der Waals surface area contributed by atoms with Gasteiger partial charge in [0.25, 0.3) is 0 Å². The monoisotopic (exact) mass is 1100 g/mol. The summed E-state index contributed by atoms with van der Waals surface area (Å²) in [6, 6.07) is 45.8. The van der Waals surface area contributed by atoms with E-state index in [2.05, 4.69) is 56.3 Å². The van der Waals surface area contributed by atoms with Crippen LogP contribution in [0.2, 0.25) is 0 Å². The van der Waals surface area contributed by atoms with Gasteiger partial charge in [0.15, 0.2) is 6.26 Å². The third-order valence-electron chi connectivity index (χ3n) is 12.5. The van der Waals surface area contributed by atoms with Crippen LogP contribution in [0.25, 0.3) is 28.3 Å². The minimum Gasteiger partial charge on any atom is -0.494 e. The molecule has 6 aromatic rings. The van der Waals surface area contributed by atoms with Gasteiger partial charge in [0.1, 0.15) is 29.1 Å². The molecule has 0 fully saturated rings. The molecule has 6 rings (SSSR count). The number of hydrogen-bond donors (Lipinski definition) is 1. The predicted octanol–water partition coefficient (Wildman–Crippen LogP) is 16.1. The van der Waals surface area contributed by atoms with Gasteiger partial charge in [-0.15, -0.1) is 0 Å². The highest BCUT2D eigenvalue weighted by atomic mass is 17.2. The van der Waals surface area contributed by atoms with E-state index in [1.165, 1.54) is 12.3 Å². The molecule has 0 bridgehead atoms. The molecule has 81 heavy (non-hydrogen) atoms. The number of rotatable bonds is 36. The molecular formula is C68H76O13. The predicted molar refractivity (Wildman–Crippen MR) is 317 cm³/mol. The van der Waals surface area contributed by atoms with E-state index in [0.29, 0.717) is 56.5 Å². The van der Waals surface area contributed by atoms with E-state index in [-0.39, 0.29) is 11.9 Å². The average Bonchev–Trinajstić information content (AvgIpc) is 3.52. The molecule has 0 aliphatic rings. The summed E-state index contributed by atoms with van der Waals surface area (Å²) in [5.41, 5.74) is 10.0. The molecule has 1 atom stereocenters. The highest BCUT2D eigenvalue weighted by molar-refractivity contribution is 5.91. The van der Waals surface area contributed by atoms with E-state index in [9.17, 15) is 19.6 Å². The van der Waals surface area contributed by atoms with Crippen molar-refractivity contribution >= 4 is 24.0 Å². The van der Waals surface area contributed by atoms with Crippen molar-refractivity contribution in [3.8, 4) is 45.3 Å². The van der Waals surface area contributed by atoms with E-state index in [1.807, 2.05) is 97.1 Å². The van der Waals surface area contributed by atoms with E-state index in [0.717, 1.165) is 133 Å². The van der Waals surface area contributed by atoms with Gasteiger partial charge in [0, 0.05) is 11.6 Å². The highest BCUT2D eigenvalue weighted by Gasteiger charge is 2.16. The Morgan fingerprint density at radius 3 is 1.33 bits per heavy atom. The summed E-state index contributed by atoms with van der Waals surface area (Å²) in [6.45, 7) is 19.1. The molecule has 13 heteroatoms. The van der Waals surface area contributed by atoms with Crippen LogP contribution < -0.4 is 18.9 Å². The lowest BCUT2D eigenvalue weighted by Crippen LogP contribution is -2.08. The summed E-state index contributed by atoms with van der Waals surface area (Å²) in [7, 11) is 0. The number of carbonyl (C=O) groups is 3. The van der Waals surface area contributed by atoms with Crippen molar-refractivity contribution in [3.63, 3.8) is 0 Å². The summed E-state index contributed by atoms with van der Waals surface area (Å²) in [5, 5.41) is 9.71. The first kappa shape index (κ1) is 63.4. The molecule has 0 saturated heterocycles. The quantitative estimate of drug-likeness (QED) is 0.00580. The van der Waals surface area contributed by atoms with Gasteiger partial charge in [0.2, 0.25) is 0 Å². The van der Waals surface area contributed by atoms with Gasteiger partial charge in [-0.2, -0.15) is 4.89 Å². The van der Waals surface area contributed by atoms with Crippen LogP contribution in [-0.4, -0.2) is 62.8 Å². The van der Waals surface area contributed by atoms with Gasteiger partial charge in [-0.25, -0.2) is 19.3 Å². The third-order valence-corrected chi connectivity index (χ3v) is 12.5. The van der Waals surface area contributed by atoms with Crippen LogP contribution in [0.1, 0.15) is 117 Å². The number of carbonyl (C=O) groups excluding carboxylic acids is 3. The lowest BCUT2D eigenvalue weighted by Gasteiger charge is -2.16. The smallest absolute Gasteiger partial charge is 0.343 e. The van der Waals surface area contributed by atoms with Gasteiger partial charge >= 0.3 is 17.9 Å². The van der Waals surface area contributed by atoms with Gasteiger partial charge in [-0.05, 0) is 177 Å². The van der Waals surface area contributed by atoms with Crippen LogP contribution >= 0.6 is 0 Å². The molecule has 0 amide bonds. The third kappa shape index (κ3) is 24.2. The maximum Gasteiger partial charge on any atom is 0.343 e. The second-order valence-electron chi connectivity index (χ2n) is 18.8. The fourth-order valence-electron chi connectivity index (χ4n) is 7.97. The van der Waals surface area contributed by atoms with E-state index in [1.54, 1.807) is 37.3 Å². The Balaban J connectivity index is 0.000000305. The van der Waals surface area contributed by atoms with Crippen molar-refractivity contribution in [2.24, 2.45) is 0 Å². The summed E-state index contributed by atoms with van der Waals surface area (Å²) in [5.74, 6) is 1.81. The fraction of sp³-hybridized carbons (Fsp3) is 0.294. The molecule has 426 valence electrons. The van der Waals surface area contributed by atoms with Crippen molar-refractivity contribution in [3.05, 3.63) is 218 Å². The largest absolute Gasteiger partial charge is 0.494 e. The Kier molecular flexibility index (Phi) is 29.3. The average molecular weight is 1100 g/mol. The number of ether oxygens (including phenoxy) is 6. The highest BCUT2D eigenvalue weighted by Crippen LogP contribution is 2.30. The standard InChI is InChI=1S/C38H38O7.C30H38O6/c1-4-28-9-21-35(22-10-28)44-38(40)33-17-13-30(14-18-33)29-11-15-31(16-12-29)36(45-41)32-19-23-34(24-20-32)42-25-7-5-6-8-26-43-37(39)27(2)3;1-3-21-35-36-25-12-8-7-10-23-33-29-19-15-27(16-20-29)26-13-17-28(18-14-26)32-22-9-5-6-11-24-34-30(31)4-2/h4,9-24,36,41H,1-2,5-8,25-26H2,3H3;4,13-21H,1-2,5-12,22-25H2. The first-order chi connectivity index (χ1) is 39.6. The summed E-state index contributed by atoms with van der Waals surface area (Å²) >= 11 is 0.